The van der Waals surface area contributed by atoms with Crippen LogP contribution in [0.3, 0.4) is 0 Å². The summed E-state index contributed by atoms with van der Waals surface area (Å²) in [6.07, 6.45) is 2.47. The Morgan fingerprint density at radius 3 is 2.71 bits per heavy atom. The van der Waals surface area contributed by atoms with E-state index in [2.05, 4.69) is 12.1 Å². The fraction of sp³-hybridized carbons (Fsp3) is 0.571. The summed E-state index contributed by atoms with van der Waals surface area (Å²) in [7, 11) is 1.69. The molecule has 0 radical (unpaired) electrons. The molecule has 0 bridgehead atoms. The Bertz CT molecular complexity index is 352. The van der Waals surface area contributed by atoms with Crippen molar-refractivity contribution in [1.29, 1.82) is 0 Å². The summed E-state index contributed by atoms with van der Waals surface area (Å²) >= 11 is 0. The van der Waals surface area contributed by atoms with Gasteiger partial charge in [-0.1, -0.05) is 18.2 Å². The zero-order valence-electron chi connectivity index (χ0n) is 10.4. The molecule has 94 valence electrons. The SMILES string of the molecule is COCCOc1ccccc1C1CCC1CN. The van der Waals surface area contributed by atoms with Crippen LogP contribution >= 0.6 is 0 Å². The Kier molecular flexibility index (Phi) is 4.40. The monoisotopic (exact) mass is 235 g/mol. The van der Waals surface area contributed by atoms with Gasteiger partial charge in [0.2, 0.25) is 0 Å². The minimum absolute atomic E-state index is 0.582. The molecule has 2 N–H and O–H groups in total. The first-order valence-corrected chi connectivity index (χ1v) is 6.27. The molecule has 1 saturated carbocycles. The minimum atomic E-state index is 0.582. The number of hydrogen-bond donors (Lipinski definition) is 1. The Morgan fingerprint density at radius 1 is 1.24 bits per heavy atom. The molecule has 3 nitrogen and oxygen atoms in total. The standard InChI is InChI=1S/C14H21NO2/c1-16-8-9-17-14-5-3-2-4-13(14)12-7-6-11(12)10-15/h2-5,11-12H,6-10,15H2,1H3. The predicted molar refractivity (Wildman–Crippen MR) is 68.3 cm³/mol. The van der Waals surface area contributed by atoms with Gasteiger partial charge in [0, 0.05) is 7.11 Å². The van der Waals surface area contributed by atoms with Crippen LogP contribution in [0.2, 0.25) is 0 Å². The van der Waals surface area contributed by atoms with Gasteiger partial charge < -0.3 is 15.2 Å². The van der Waals surface area contributed by atoms with E-state index in [1.807, 2.05) is 12.1 Å². The number of benzene rings is 1. The van der Waals surface area contributed by atoms with Gasteiger partial charge in [0.15, 0.2) is 0 Å². The molecule has 0 amide bonds. The molecule has 1 aromatic rings. The summed E-state index contributed by atoms with van der Waals surface area (Å²) in [6.45, 7) is 2.00. The predicted octanol–water partition coefficient (Wildman–Crippen LogP) is 2.16. The zero-order chi connectivity index (χ0) is 12.1. The second-order valence-corrected chi connectivity index (χ2v) is 4.56. The van der Waals surface area contributed by atoms with Gasteiger partial charge in [0.25, 0.3) is 0 Å². The van der Waals surface area contributed by atoms with Crippen molar-refractivity contribution in [3.63, 3.8) is 0 Å². The number of hydrogen-bond acceptors (Lipinski definition) is 3. The highest BCUT2D eigenvalue weighted by molar-refractivity contribution is 5.38. The third-order valence-electron chi connectivity index (χ3n) is 3.58. The molecule has 0 aromatic heterocycles. The number of rotatable bonds is 6. The maximum absolute atomic E-state index is 5.77. The van der Waals surface area contributed by atoms with E-state index in [9.17, 15) is 0 Å². The van der Waals surface area contributed by atoms with E-state index < -0.39 is 0 Å². The summed E-state index contributed by atoms with van der Waals surface area (Å²) in [5, 5.41) is 0. The first-order chi connectivity index (χ1) is 8.36. The van der Waals surface area contributed by atoms with Gasteiger partial charge in [-0.15, -0.1) is 0 Å². The van der Waals surface area contributed by atoms with Crippen molar-refractivity contribution in [3.05, 3.63) is 29.8 Å². The van der Waals surface area contributed by atoms with Gasteiger partial charge in [-0.25, -0.2) is 0 Å². The Labute approximate surface area is 103 Å². The minimum Gasteiger partial charge on any atom is -0.491 e. The van der Waals surface area contributed by atoms with Crippen molar-refractivity contribution in [2.24, 2.45) is 11.7 Å². The van der Waals surface area contributed by atoms with Crippen LogP contribution in [0, 0.1) is 5.92 Å². The summed E-state index contributed by atoms with van der Waals surface area (Å²) < 4.78 is 10.8. The highest BCUT2D eigenvalue weighted by atomic mass is 16.5. The largest absolute Gasteiger partial charge is 0.491 e. The molecule has 3 heteroatoms. The second-order valence-electron chi connectivity index (χ2n) is 4.56. The van der Waals surface area contributed by atoms with Crippen molar-refractivity contribution in [3.8, 4) is 5.75 Å². The quantitative estimate of drug-likeness (QED) is 0.768. The van der Waals surface area contributed by atoms with Gasteiger partial charge in [-0.2, -0.15) is 0 Å². The van der Waals surface area contributed by atoms with Crippen LogP contribution in [-0.4, -0.2) is 26.9 Å². The molecule has 0 saturated heterocycles. The van der Waals surface area contributed by atoms with Crippen molar-refractivity contribution < 1.29 is 9.47 Å². The Morgan fingerprint density at radius 2 is 2.06 bits per heavy atom. The van der Waals surface area contributed by atoms with Crippen LogP contribution in [0.1, 0.15) is 24.3 Å². The lowest BCUT2D eigenvalue weighted by atomic mass is 9.70. The van der Waals surface area contributed by atoms with E-state index >= 15 is 0 Å². The molecule has 0 spiro atoms. The lowest BCUT2D eigenvalue weighted by molar-refractivity contribution is 0.144. The van der Waals surface area contributed by atoms with E-state index in [0.717, 1.165) is 12.3 Å². The van der Waals surface area contributed by atoms with E-state index in [1.54, 1.807) is 7.11 Å². The van der Waals surface area contributed by atoms with Crippen molar-refractivity contribution in [2.45, 2.75) is 18.8 Å². The lowest BCUT2D eigenvalue weighted by Gasteiger charge is -2.37. The normalized spacial score (nSPS) is 23.2. The van der Waals surface area contributed by atoms with Gasteiger partial charge in [-0.3, -0.25) is 0 Å². The summed E-state index contributed by atoms with van der Waals surface area (Å²) in [5.41, 5.74) is 7.08. The topological polar surface area (TPSA) is 44.5 Å². The van der Waals surface area contributed by atoms with Gasteiger partial charge >= 0.3 is 0 Å². The molecule has 17 heavy (non-hydrogen) atoms. The maximum atomic E-state index is 5.77. The van der Waals surface area contributed by atoms with Gasteiger partial charge in [0.05, 0.1) is 6.61 Å². The molecular weight excluding hydrogens is 214 g/mol. The lowest BCUT2D eigenvalue weighted by Crippen LogP contribution is -2.30. The molecule has 0 aliphatic heterocycles. The Balaban J connectivity index is 2.05. The summed E-state index contributed by atoms with van der Waals surface area (Å²) in [6, 6.07) is 8.29. The van der Waals surface area contributed by atoms with Crippen LogP contribution in [0.5, 0.6) is 5.75 Å². The van der Waals surface area contributed by atoms with Crippen molar-refractivity contribution in [2.75, 3.05) is 26.9 Å². The van der Waals surface area contributed by atoms with Gasteiger partial charge in [-0.05, 0) is 42.9 Å². The number of methoxy groups -OCH3 is 1. The molecule has 1 aliphatic rings. The highest BCUT2D eigenvalue weighted by Crippen LogP contribution is 2.44. The second kappa shape index (κ2) is 6.03. The zero-order valence-corrected chi connectivity index (χ0v) is 10.4. The van der Waals surface area contributed by atoms with Gasteiger partial charge in [0.1, 0.15) is 12.4 Å². The molecule has 1 aromatic carbocycles. The van der Waals surface area contributed by atoms with Crippen LogP contribution in [0.15, 0.2) is 24.3 Å². The third kappa shape index (κ3) is 2.79. The first kappa shape index (κ1) is 12.4. The average Bonchev–Trinajstić information content (AvgIpc) is 2.31. The fourth-order valence-electron chi connectivity index (χ4n) is 2.41. The van der Waals surface area contributed by atoms with Crippen LogP contribution in [-0.2, 0) is 4.74 Å². The summed E-state index contributed by atoms with van der Waals surface area (Å²) in [5.74, 6) is 2.20. The van der Waals surface area contributed by atoms with E-state index in [0.29, 0.717) is 25.0 Å². The van der Waals surface area contributed by atoms with Crippen molar-refractivity contribution >= 4 is 0 Å². The Hall–Kier alpha value is -1.06. The van der Waals surface area contributed by atoms with E-state index in [1.165, 1.54) is 18.4 Å². The fourth-order valence-corrected chi connectivity index (χ4v) is 2.41. The maximum Gasteiger partial charge on any atom is 0.122 e. The molecule has 0 heterocycles. The number of ether oxygens (including phenoxy) is 2. The van der Waals surface area contributed by atoms with Crippen molar-refractivity contribution in [1.82, 2.24) is 0 Å². The molecule has 2 atom stereocenters. The number of para-hydroxylation sites is 1. The molecular formula is C14H21NO2. The van der Waals surface area contributed by atoms with E-state index in [4.69, 9.17) is 15.2 Å². The smallest absolute Gasteiger partial charge is 0.122 e. The third-order valence-corrected chi connectivity index (χ3v) is 3.58. The van der Waals surface area contributed by atoms with Crippen LogP contribution in [0.25, 0.3) is 0 Å². The molecule has 2 unspecified atom stereocenters. The van der Waals surface area contributed by atoms with E-state index in [-0.39, 0.29) is 0 Å². The average molecular weight is 235 g/mol. The van der Waals surface area contributed by atoms with Crippen LogP contribution in [0.4, 0.5) is 0 Å². The summed E-state index contributed by atoms with van der Waals surface area (Å²) in [4.78, 5) is 0. The first-order valence-electron chi connectivity index (χ1n) is 6.27. The number of nitrogens with two attached hydrogens (primary N) is 1. The molecule has 1 fully saturated rings. The highest BCUT2D eigenvalue weighted by Gasteiger charge is 2.32. The molecule has 2 rings (SSSR count). The van der Waals surface area contributed by atoms with Crippen LogP contribution < -0.4 is 10.5 Å². The molecule has 1 aliphatic carbocycles.